The van der Waals surface area contributed by atoms with E-state index in [2.05, 4.69) is 0 Å². The molecular weight excluding hydrogens is 404 g/mol. The second-order valence-corrected chi connectivity index (χ2v) is 9.58. The molecule has 0 N–H and O–H groups in total. The molecule has 1 atom stereocenters. The number of anilines is 1. The summed E-state index contributed by atoms with van der Waals surface area (Å²) >= 11 is 0. The highest BCUT2D eigenvalue weighted by Gasteiger charge is 2.36. The molecule has 0 radical (unpaired) electrons. The number of carbonyl (C=O) groups excluding carboxylic acids is 1. The van der Waals surface area contributed by atoms with Crippen molar-refractivity contribution in [2.75, 3.05) is 38.3 Å². The van der Waals surface area contributed by atoms with Gasteiger partial charge in [0, 0.05) is 13.1 Å². The van der Waals surface area contributed by atoms with Crippen molar-refractivity contribution in [1.82, 2.24) is 4.31 Å². The number of sulfonamides is 1. The summed E-state index contributed by atoms with van der Waals surface area (Å²) in [7, 11) is -2.13. The first kappa shape index (κ1) is 20.7. The van der Waals surface area contributed by atoms with E-state index in [1.807, 2.05) is 31.2 Å². The summed E-state index contributed by atoms with van der Waals surface area (Å²) < 4.78 is 38.8. The van der Waals surface area contributed by atoms with Crippen molar-refractivity contribution in [3.05, 3.63) is 48.0 Å². The third-order valence-electron chi connectivity index (χ3n) is 5.73. The molecule has 0 saturated carbocycles. The Balaban J connectivity index is 1.55. The van der Waals surface area contributed by atoms with E-state index in [1.165, 1.54) is 4.31 Å². The van der Waals surface area contributed by atoms with Crippen LogP contribution in [0.1, 0.15) is 18.4 Å². The monoisotopic (exact) mass is 430 g/mol. The minimum atomic E-state index is -3.68. The molecule has 2 aliphatic rings. The molecule has 0 unspecified atom stereocenters. The summed E-state index contributed by atoms with van der Waals surface area (Å²) in [4.78, 5) is 15.3. The van der Waals surface area contributed by atoms with Crippen LogP contribution in [0.3, 0.4) is 0 Å². The number of piperidine rings is 1. The Kier molecular flexibility index (Phi) is 5.71. The molecule has 2 aromatic carbocycles. The van der Waals surface area contributed by atoms with Crippen LogP contribution in [0.4, 0.5) is 5.69 Å². The van der Waals surface area contributed by atoms with Gasteiger partial charge in [-0.05, 0) is 55.7 Å². The van der Waals surface area contributed by atoms with E-state index in [0.29, 0.717) is 44.0 Å². The van der Waals surface area contributed by atoms with E-state index in [9.17, 15) is 13.2 Å². The lowest BCUT2D eigenvalue weighted by Crippen LogP contribution is -2.48. The molecule has 8 heteroatoms. The molecule has 30 heavy (non-hydrogen) atoms. The van der Waals surface area contributed by atoms with E-state index in [0.717, 1.165) is 11.3 Å². The predicted molar refractivity (Wildman–Crippen MR) is 114 cm³/mol. The zero-order valence-electron chi connectivity index (χ0n) is 17.2. The molecule has 0 aromatic heterocycles. The fraction of sp³-hybridized carbons (Fsp3) is 0.409. The molecule has 0 bridgehead atoms. The van der Waals surface area contributed by atoms with Crippen molar-refractivity contribution in [2.45, 2.75) is 24.7 Å². The van der Waals surface area contributed by atoms with Gasteiger partial charge in [-0.2, -0.15) is 4.31 Å². The Hall–Kier alpha value is -2.58. The Bertz CT molecular complexity index is 1050. The fourth-order valence-electron chi connectivity index (χ4n) is 4.14. The zero-order valence-corrected chi connectivity index (χ0v) is 18.0. The molecule has 2 aromatic rings. The molecule has 1 saturated heterocycles. The van der Waals surface area contributed by atoms with Gasteiger partial charge < -0.3 is 14.4 Å². The van der Waals surface area contributed by atoms with E-state index in [4.69, 9.17) is 9.47 Å². The van der Waals surface area contributed by atoms with Gasteiger partial charge in [0.2, 0.25) is 15.9 Å². The normalized spacial score (nSPS) is 19.7. The average Bonchev–Trinajstić information content (AvgIpc) is 2.78. The first-order valence-corrected chi connectivity index (χ1v) is 11.5. The van der Waals surface area contributed by atoms with Crippen LogP contribution in [0.25, 0.3) is 0 Å². The number of ether oxygens (including phenoxy) is 2. The number of benzene rings is 2. The molecule has 1 amide bonds. The summed E-state index contributed by atoms with van der Waals surface area (Å²) in [6, 6.07) is 12.3. The Morgan fingerprint density at radius 2 is 1.97 bits per heavy atom. The van der Waals surface area contributed by atoms with Crippen LogP contribution < -0.4 is 14.4 Å². The Morgan fingerprint density at radius 3 is 2.73 bits per heavy atom. The lowest BCUT2D eigenvalue weighted by Gasteiger charge is -2.36. The van der Waals surface area contributed by atoms with Crippen molar-refractivity contribution in [1.29, 1.82) is 0 Å². The van der Waals surface area contributed by atoms with Crippen molar-refractivity contribution in [3.63, 3.8) is 0 Å². The number of fused-ring (bicyclic) bond motifs is 1. The molecule has 7 nitrogen and oxygen atoms in total. The van der Waals surface area contributed by atoms with Crippen LogP contribution in [-0.4, -0.2) is 52.0 Å². The summed E-state index contributed by atoms with van der Waals surface area (Å²) in [5, 5.41) is 0. The van der Waals surface area contributed by atoms with Gasteiger partial charge in [-0.1, -0.05) is 12.1 Å². The lowest BCUT2D eigenvalue weighted by atomic mass is 9.97. The van der Waals surface area contributed by atoms with Crippen LogP contribution in [0.2, 0.25) is 0 Å². The molecule has 0 aliphatic carbocycles. The number of hydrogen-bond donors (Lipinski definition) is 0. The fourth-order valence-corrected chi connectivity index (χ4v) is 5.75. The van der Waals surface area contributed by atoms with E-state index >= 15 is 0 Å². The lowest BCUT2D eigenvalue weighted by molar-refractivity contribution is -0.123. The SMILES string of the molecule is COc1ccc(S(=O)(=O)N2CCC[C@@H](C(=O)N3CCOc4ccccc43)C2)cc1C. The van der Waals surface area contributed by atoms with Crippen molar-refractivity contribution < 1.29 is 22.7 Å². The van der Waals surface area contributed by atoms with E-state index < -0.39 is 10.0 Å². The largest absolute Gasteiger partial charge is 0.496 e. The van der Waals surface area contributed by atoms with Gasteiger partial charge in [-0.25, -0.2) is 8.42 Å². The summed E-state index contributed by atoms with van der Waals surface area (Å²) in [5.74, 6) is 0.910. The highest BCUT2D eigenvalue weighted by Crippen LogP contribution is 2.34. The quantitative estimate of drug-likeness (QED) is 0.746. The Labute approximate surface area is 177 Å². The number of carbonyl (C=O) groups is 1. The maximum absolute atomic E-state index is 13.3. The zero-order chi connectivity index (χ0) is 21.3. The number of methoxy groups -OCH3 is 1. The molecule has 2 heterocycles. The van der Waals surface area contributed by atoms with Crippen molar-refractivity contribution >= 4 is 21.6 Å². The maximum atomic E-state index is 13.3. The predicted octanol–water partition coefficient (Wildman–Crippen LogP) is 2.83. The second-order valence-electron chi connectivity index (χ2n) is 7.64. The third kappa shape index (κ3) is 3.77. The number of nitrogens with zero attached hydrogens (tertiary/aromatic N) is 2. The minimum absolute atomic E-state index is 0.0449. The van der Waals surface area contributed by atoms with Gasteiger partial charge in [0.15, 0.2) is 0 Å². The first-order valence-electron chi connectivity index (χ1n) is 10.1. The summed E-state index contributed by atoms with van der Waals surface area (Å²) in [6.45, 7) is 3.32. The second kappa shape index (κ2) is 8.28. The van der Waals surface area contributed by atoms with Crippen LogP contribution in [-0.2, 0) is 14.8 Å². The van der Waals surface area contributed by atoms with Crippen LogP contribution in [0.15, 0.2) is 47.4 Å². The van der Waals surface area contributed by atoms with Crippen LogP contribution in [0, 0.1) is 12.8 Å². The highest BCUT2D eigenvalue weighted by molar-refractivity contribution is 7.89. The highest BCUT2D eigenvalue weighted by atomic mass is 32.2. The average molecular weight is 431 g/mol. The van der Waals surface area contributed by atoms with Gasteiger partial charge in [-0.15, -0.1) is 0 Å². The smallest absolute Gasteiger partial charge is 0.243 e. The summed E-state index contributed by atoms with van der Waals surface area (Å²) in [6.07, 6.45) is 1.32. The van der Waals surface area contributed by atoms with E-state index in [1.54, 1.807) is 30.2 Å². The number of para-hydroxylation sites is 2. The van der Waals surface area contributed by atoms with Gasteiger partial charge in [0.05, 0.1) is 30.2 Å². The molecular formula is C22H26N2O5S. The van der Waals surface area contributed by atoms with Crippen LogP contribution in [0.5, 0.6) is 11.5 Å². The van der Waals surface area contributed by atoms with Gasteiger partial charge in [0.25, 0.3) is 0 Å². The standard InChI is InChI=1S/C22H26N2O5S/c1-16-14-18(9-10-20(16)28-2)30(26,27)23-11-5-6-17(15-23)22(25)24-12-13-29-21-8-4-3-7-19(21)24/h3-4,7-10,14,17H,5-6,11-13,15H2,1-2H3/t17-/m1/s1. The number of rotatable bonds is 4. The maximum Gasteiger partial charge on any atom is 0.243 e. The van der Waals surface area contributed by atoms with Gasteiger partial charge in [0.1, 0.15) is 18.1 Å². The Morgan fingerprint density at radius 1 is 1.17 bits per heavy atom. The molecule has 160 valence electrons. The van der Waals surface area contributed by atoms with Gasteiger partial charge in [-0.3, -0.25) is 4.79 Å². The molecule has 1 fully saturated rings. The number of amides is 1. The van der Waals surface area contributed by atoms with Crippen molar-refractivity contribution in [3.8, 4) is 11.5 Å². The van der Waals surface area contributed by atoms with Gasteiger partial charge >= 0.3 is 0 Å². The number of hydrogen-bond acceptors (Lipinski definition) is 5. The molecule has 2 aliphatic heterocycles. The first-order chi connectivity index (χ1) is 14.4. The van der Waals surface area contributed by atoms with Crippen LogP contribution >= 0.6 is 0 Å². The number of aryl methyl sites for hydroxylation is 1. The molecule has 0 spiro atoms. The van der Waals surface area contributed by atoms with Crippen molar-refractivity contribution in [2.24, 2.45) is 5.92 Å². The third-order valence-corrected chi connectivity index (χ3v) is 7.59. The topological polar surface area (TPSA) is 76.2 Å². The summed E-state index contributed by atoms with van der Waals surface area (Å²) in [5.41, 5.74) is 1.51. The molecule has 4 rings (SSSR count). The minimum Gasteiger partial charge on any atom is -0.496 e. The van der Waals surface area contributed by atoms with E-state index in [-0.39, 0.29) is 23.3 Å².